The van der Waals surface area contributed by atoms with Gasteiger partial charge in [-0.25, -0.2) is 0 Å². The van der Waals surface area contributed by atoms with Crippen LogP contribution in [0.15, 0.2) is 413 Å². The monoisotopic (exact) mass is 1480 g/mol. The second kappa shape index (κ2) is 27.7. The minimum absolute atomic E-state index is 1.23. The molecule has 0 atom stereocenters. The summed E-state index contributed by atoms with van der Waals surface area (Å²) in [7, 11) is 0. The predicted octanol–water partition coefficient (Wildman–Crippen LogP) is 33.1. The molecule has 0 nitrogen and oxygen atoms in total. The lowest BCUT2D eigenvalue weighted by Gasteiger charge is -2.16. The number of hydrogen-bond donors (Lipinski definition) is 0. The van der Waals surface area contributed by atoms with Crippen molar-refractivity contribution in [2.45, 2.75) is 0 Å². The second-order valence-corrected chi connectivity index (χ2v) is 32.7. The maximum Gasteiger partial charge on any atom is 0.0434 e. The van der Waals surface area contributed by atoms with Gasteiger partial charge in [-0.15, -0.1) is 34.0 Å². The van der Waals surface area contributed by atoms with Gasteiger partial charge >= 0.3 is 0 Å². The average molecular weight is 1490 g/mol. The predicted molar refractivity (Wildman–Crippen MR) is 496 cm³/mol. The SMILES string of the molecule is c1ccc2c(c1)cc(-c1ccc(-c3ccc(-c4cccc5c4sc4ccccc45)cc3)cc1)c1ccccc12.c1ccc2c(c1)cc(-c1ccc(-c3cccc4c3sc3ccccc34)c3ccccc13)c1ccccc12.c1ccc2c(c1)cc(-c1ccc3ccc(-c4cccc5c4sc4ccccc45)cc3c1)c1ccccc12. The summed E-state index contributed by atoms with van der Waals surface area (Å²) in [6.07, 6.45) is 0. The van der Waals surface area contributed by atoms with E-state index in [1.54, 1.807) is 0 Å². The second-order valence-electron chi connectivity index (χ2n) is 29.6. The third-order valence-electron chi connectivity index (χ3n) is 23.2. The fraction of sp³-hybridized carbons (Fsp3) is 0. The molecule has 21 aromatic carbocycles. The van der Waals surface area contributed by atoms with Crippen molar-refractivity contribution in [1.82, 2.24) is 0 Å². The van der Waals surface area contributed by atoms with E-state index in [9.17, 15) is 0 Å². The van der Waals surface area contributed by atoms with E-state index in [1.807, 2.05) is 34.0 Å². The van der Waals surface area contributed by atoms with Gasteiger partial charge in [-0.2, -0.15) is 0 Å². The number of benzene rings is 21. The summed E-state index contributed by atoms with van der Waals surface area (Å²) in [5.41, 5.74) is 17.8. The normalized spacial score (nSPS) is 11.7. The lowest BCUT2D eigenvalue weighted by molar-refractivity contribution is 1.60. The molecule has 3 heteroatoms. The van der Waals surface area contributed by atoms with Gasteiger partial charge in [-0.1, -0.05) is 364 Å². The molecule has 3 heterocycles. The summed E-state index contributed by atoms with van der Waals surface area (Å²) in [4.78, 5) is 0. The van der Waals surface area contributed by atoms with Crippen LogP contribution in [-0.4, -0.2) is 0 Å². The lowest BCUT2D eigenvalue weighted by Crippen LogP contribution is -1.89. The Morgan fingerprint density at radius 2 is 0.381 bits per heavy atom. The zero-order valence-corrected chi connectivity index (χ0v) is 63.9. The highest BCUT2D eigenvalue weighted by Crippen LogP contribution is 2.48. The van der Waals surface area contributed by atoms with Crippen LogP contribution in [0.1, 0.15) is 0 Å². The van der Waals surface area contributed by atoms with Crippen molar-refractivity contribution in [3.05, 3.63) is 413 Å². The van der Waals surface area contributed by atoms with Crippen molar-refractivity contribution in [3.63, 3.8) is 0 Å². The zero-order valence-electron chi connectivity index (χ0n) is 61.5. The maximum atomic E-state index is 2.37. The van der Waals surface area contributed by atoms with Crippen LogP contribution in [0.3, 0.4) is 0 Å². The zero-order chi connectivity index (χ0) is 74.5. The third kappa shape index (κ3) is 11.5. The molecule has 0 saturated carbocycles. The fourth-order valence-electron chi connectivity index (χ4n) is 17.8. The van der Waals surface area contributed by atoms with Crippen molar-refractivity contribution in [1.29, 1.82) is 0 Å². The summed E-state index contributed by atoms with van der Waals surface area (Å²) in [5, 5.41) is 28.7. The first-order valence-corrected chi connectivity index (χ1v) is 41.2. The third-order valence-corrected chi connectivity index (χ3v) is 26.9. The molecule has 113 heavy (non-hydrogen) atoms. The van der Waals surface area contributed by atoms with Gasteiger partial charge in [0.25, 0.3) is 0 Å². The van der Waals surface area contributed by atoms with Crippen LogP contribution in [-0.2, 0) is 0 Å². The number of thiophene rings is 3. The Bertz CT molecular complexity index is 7920. The molecule has 0 aliphatic carbocycles. The Kier molecular flexibility index (Phi) is 16.3. The Balaban J connectivity index is 0.000000104. The van der Waals surface area contributed by atoms with Gasteiger partial charge < -0.3 is 0 Å². The van der Waals surface area contributed by atoms with Crippen LogP contribution in [0.5, 0.6) is 0 Å². The number of hydrogen-bond acceptors (Lipinski definition) is 3. The first-order chi connectivity index (χ1) is 56.0. The minimum Gasteiger partial charge on any atom is -0.135 e. The maximum absolute atomic E-state index is 2.37. The van der Waals surface area contributed by atoms with Crippen molar-refractivity contribution >= 4 is 181 Å². The smallest absolute Gasteiger partial charge is 0.0434 e. The molecule has 0 N–H and O–H groups in total. The molecular weight excluding hydrogens is 1420 g/mol. The van der Waals surface area contributed by atoms with E-state index in [0.29, 0.717) is 0 Å². The van der Waals surface area contributed by atoms with Gasteiger partial charge in [0.1, 0.15) is 0 Å². The summed E-state index contributed by atoms with van der Waals surface area (Å²) in [6, 6.07) is 151. The van der Waals surface area contributed by atoms with Crippen molar-refractivity contribution < 1.29 is 0 Å². The van der Waals surface area contributed by atoms with E-state index < -0.39 is 0 Å². The number of fused-ring (bicyclic) bond motifs is 20. The van der Waals surface area contributed by atoms with Gasteiger partial charge in [0.2, 0.25) is 0 Å². The summed E-state index contributed by atoms with van der Waals surface area (Å²) in [6.45, 7) is 0. The summed E-state index contributed by atoms with van der Waals surface area (Å²) >= 11 is 5.67. The first-order valence-electron chi connectivity index (χ1n) is 38.7. The van der Waals surface area contributed by atoms with Crippen LogP contribution in [0.25, 0.3) is 225 Å². The van der Waals surface area contributed by atoms with Crippen LogP contribution >= 0.6 is 34.0 Å². The van der Waals surface area contributed by atoms with Crippen LogP contribution in [0.2, 0.25) is 0 Å². The Morgan fingerprint density at radius 1 is 0.115 bits per heavy atom. The molecule has 0 amide bonds. The highest BCUT2D eigenvalue weighted by atomic mass is 32.1. The van der Waals surface area contributed by atoms with Crippen molar-refractivity contribution in [2.24, 2.45) is 0 Å². The van der Waals surface area contributed by atoms with Crippen LogP contribution in [0.4, 0.5) is 0 Å². The largest absolute Gasteiger partial charge is 0.135 e. The Morgan fingerprint density at radius 3 is 0.805 bits per heavy atom. The molecule has 24 rings (SSSR count). The molecule has 526 valence electrons. The topological polar surface area (TPSA) is 0 Å². The molecule has 0 saturated heterocycles. The van der Waals surface area contributed by atoms with Gasteiger partial charge in [0.05, 0.1) is 0 Å². The quantitative estimate of drug-likeness (QED) is 0.140. The molecule has 24 aromatic rings. The molecule has 0 aliphatic heterocycles. The van der Waals surface area contributed by atoms with E-state index >= 15 is 0 Å². The van der Waals surface area contributed by atoms with Gasteiger partial charge in [0.15, 0.2) is 0 Å². The molecule has 0 radical (unpaired) electrons. The highest BCUT2D eigenvalue weighted by molar-refractivity contribution is 7.27. The van der Waals surface area contributed by atoms with E-state index in [2.05, 4.69) is 413 Å². The Labute approximate surface area is 665 Å². The first kappa shape index (κ1) is 66.4. The van der Waals surface area contributed by atoms with Crippen molar-refractivity contribution in [2.75, 3.05) is 0 Å². The molecule has 0 bridgehead atoms. The Hall–Kier alpha value is -13.6. The van der Waals surface area contributed by atoms with Crippen LogP contribution < -0.4 is 0 Å². The van der Waals surface area contributed by atoms with Gasteiger partial charge in [0, 0.05) is 66.1 Å². The molecule has 3 aromatic heterocycles. The number of rotatable bonds is 7. The molecule has 0 spiro atoms. The summed E-state index contributed by atoms with van der Waals surface area (Å²) < 4.78 is 8.11. The van der Waals surface area contributed by atoms with Gasteiger partial charge in [-0.05, 0) is 207 Å². The minimum atomic E-state index is 1.23. The standard InChI is InChI=1S/C38H24S.2C36H22S/c1-2-9-30-29(8-1)24-36(33-11-4-3-10-32(30)33)28-22-18-26(19-23-28)25-16-20-27(21-17-25)31-13-7-14-35-34-12-5-6-15-37(34)39-38(31)35;1-2-11-24-23(10-1)22-34(28-15-6-3-12-25(24)28)30-21-20-29(26-13-4-5-14-27(26)30)32-17-9-18-33-31-16-7-8-19-35(31)37-36(32)33;1-2-9-28-24(8-1)22-34(31-11-4-3-10-30(28)31)26-19-17-23-16-18-25(20-27(23)21-26)29-13-7-14-33-32-12-5-6-15-35(32)37-36(29)33/h1-24H;2*1-22H. The molecule has 0 aliphatic rings. The fourth-order valence-corrected chi connectivity index (χ4v) is 21.5. The highest BCUT2D eigenvalue weighted by Gasteiger charge is 2.20. The summed E-state index contributed by atoms with van der Waals surface area (Å²) in [5.74, 6) is 0. The van der Waals surface area contributed by atoms with E-state index in [4.69, 9.17) is 0 Å². The van der Waals surface area contributed by atoms with Crippen LogP contribution in [0, 0.1) is 0 Å². The van der Waals surface area contributed by atoms with Gasteiger partial charge in [-0.3, -0.25) is 0 Å². The van der Waals surface area contributed by atoms with Crippen molar-refractivity contribution in [3.8, 4) is 77.9 Å². The van der Waals surface area contributed by atoms with E-state index in [-0.39, 0.29) is 0 Å². The van der Waals surface area contributed by atoms with E-state index in [0.717, 1.165) is 0 Å². The van der Waals surface area contributed by atoms with E-state index in [1.165, 1.54) is 225 Å². The lowest BCUT2D eigenvalue weighted by atomic mass is 9.88. The average Bonchev–Trinajstić information content (AvgIpc) is 1.44. The molecule has 0 fully saturated rings. The molecular formula is C110H68S3. The molecule has 0 unspecified atom stereocenters.